The van der Waals surface area contributed by atoms with Gasteiger partial charge in [-0.25, -0.2) is 14.4 Å². The number of aromatic nitrogens is 3. The van der Waals surface area contributed by atoms with E-state index in [1.54, 1.807) is 23.7 Å². The van der Waals surface area contributed by atoms with E-state index in [0.717, 1.165) is 17.9 Å². The average molecular weight is 371 g/mol. The van der Waals surface area contributed by atoms with Crippen LogP contribution < -0.4 is 5.32 Å². The molecule has 6 nitrogen and oxygen atoms in total. The highest BCUT2D eigenvalue weighted by atomic mass is 32.1. The summed E-state index contributed by atoms with van der Waals surface area (Å²) < 4.78 is 15.0. The van der Waals surface area contributed by atoms with E-state index in [9.17, 15) is 9.18 Å². The maximum atomic E-state index is 13.1. The maximum Gasteiger partial charge on any atom is 0.274 e. The fourth-order valence-electron chi connectivity index (χ4n) is 3.12. The number of imidazole rings is 1. The number of benzene rings is 1. The first kappa shape index (κ1) is 16.9. The van der Waals surface area contributed by atoms with Crippen molar-refractivity contribution >= 4 is 17.2 Å². The number of halogens is 1. The van der Waals surface area contributed by atoms with E-state index < -0.39 is 0 Å². The molecule has 2 aromatic heterocycles. The summed E-state index contributed by atoms with van der Waals surface area (Å²) in [5, 5.41) is 5.79. The summed E-state index contributed by atoms with van der Waals surface area (Å²) in [4.78, 5) is 23.8. The van der Waals surface area contributed by atoms with Gasteiger partial charge in [-0.15, -0.1) is 11.3 Å². The Morgan fingerprint density at radius 1 is 1.35 bits per heavy atom. The van der Waals surface area contributed by atoms with Gasteiger partial charge in [-0.05, 0) is 24.3 Å². The highest BCUT2D eigenvalue weighted by Gasteiger charge is 2.32. The Kier molecular flexibility index (Phi) is 4.52. The minimum absolute atomic E-state index is 0.107. The van der Waals surface area contributed by atoms with Crippen LogP contribution in [0.4, 0.5) is 4.39 Å². The largest absolute Gasteiger partial charge is 0.336 e. The van der Waals surface area contributed by atoms with Gasteiger partial charge in [-0.1, -0.05) is 0 Å². The quantitative estimate of drug-likeness (QED) is 0.768. The van der Waals surface area contributed by atoms with E-state index in [2.05, 4.69) is 15.3 Å². The van der Waals surface area contributed by atoms with Crippen LogP contribution in [0.3, 0.4) is 0 Å². The predicted molar refractivity (Wildman–Crippen MR) is 97.4 cm³/mol. The Morgan fingerprint density at radius 2 is 2.15 bits per heavy atom. The van der Waals surface area contributed by atoms with Crippen molar-refractivity contribution in [3.8, 4) is 10.6 Å². The molecule has 0 radical (unpaired) electrons. The van der Waals surface area contributed by atoms with Gasteiger partial charge in [0.2, 0.25) is 0 Å². The van der Waals surface area contributed by atoms with E-state index in [1.165, 1.54) is 23.5 Å². The van der Waals surface area contributed by atoms with Crippen molar-refractivity contribution in [1.29, 1.82) is 0 Å². The third kappa shape index (κ3) is 3.13. The zero-order chi connectivity index (χ0) is 18.1. The molecule has 1 aliphatic heterocycles. The molecule has 1 amide bonds. The van der Waals surface area contributed by atoms with Crippen LogP contribution in [-0.2, 0) is 7.05 Å². The van der Waals surface area contributed by atoms with Gasteiger partial charge in [0.25, 0.3) is 5.91 Å². The summed E-state index contributed by atoms with van der Waals surface area (Å²) in [6.45, 7) is 1.99. The van der Waals surface area contributed by atoms with Crippen molar-refractivity contribution in [2.75, 3.05) is 19.6 Å². The van der Waals surface area contributed by atoms with E-state index in [1.807, 2.05) is 22.7 Å². The van der Waals surface area contributed by atoms with Crippen LogP contribution in [0.5, 0.6) is 0 Å². The molecule has 1 aromatic carbocycles. The van der Waals surface area contributed by atoms with Gasteiger partial charge in [0.05, 0.1) is 0 Å². The minimum Gasteiger partial charge on any atom is -0.336 e. The van der Waals surface area contributed by atoms with E-state index in [-0.39, 0.29) is 17.8 Å². The molecule has 1 atom stereocenters. The predicted octanol–water partition coefficient (Wildman–Crippen LogP) is 2.47. The molecule has 8 heteroatoms. The molecule has 3 aromatic rings. The lowest BCUT2D eigenvalue weighted by atomic mass is 10.1. The van der Waals surface area contributed by atoms with E-state index in [4.69, 9.17) is 0 Å². The molecule has 134 valence electrons. The first-order chi connectivity index (χ1) is 12.6. The number of carbonyl (C=O) groups excluding carboxylic acids is 1. The molecule has 3 heterocycles. The number of amides is 1. The molecule has 1 aliphatic rings. The summed E-state index contributed by atoms with van der Waals surface area (Å²) >= 11 is 1.39. The molecule has 0 saturated carbocycles. The lowest BCUT2D eigenvalue weighted by molar-refractivity contribution is 0.0615. The van der Waals surface area contributed by atoms with Gasteiger partial charge in [0.15, 0.2) is 0 Å². The smallest absolute Gasteiger partial charge is 0.274 e. The van der Waals surface area contributed by atoms with Crippen molar-refractivity contribution < 1.29 is 9.18 Å². The first-order valence-electron chi connectivity index (χ1n) is 8.34. The number of aryl methyl sites for hydroxylation is 1. The van der Waals surface area contributed by atoms with Crippen LogP contribution in [-0.4, -0.2) is 45.0 Å². The SMILES string of the molecule is Cn1ccnc1C1CNCCN1C(=O)c1csc(-c2ccc(F)cc2)n1. The second kappa shape index (κ2) is 6.97. The highest BCUT2D eigenvalue weighted by Crippen LogP contribution is 2.27. The van der Waals surface area contributed by atoms with Crippen LogP contribution >= 0.6 is 11.3 Å². The molecule has 26 heavy (non-hydrogen) atoms. The number of hydrogen-bond acceptors (Lipinski definition) is 5. The molecule has 0 spiro atoms. The van der Waals surface area contributed by atoms with Crippen molar-refractivity contribution in [2.24, 2.45) is 7.05 Å². The standard InChI is InChI=1S/C18H18FN5OS/c1-23-8-7-21-16(23)15-10-20-6-9-24(15)18(25)14-11-26-17(22-14)12-2-4-13(19)5-3-12/h2-5,7-8,11,15,20H,6,9-10H2,1H3. The van der Waals surface area contributed by atoms with Crippen LogP contribution in [0.2, 0.25) is 0 Å². The summed E-state index contributed by atoms with van der Waals surface area (Å²) in [5.74, 6) is 0.448. The molecule has 1 saturated heterocycles. The number of thiazole rings is 1. The lowest BCUT2D eigenvalue weighted by Gasteiger charge is -2.35. The number of piperazine rings is 1. The van der Waals surface area contributed by atoms with Crippen LogP contribution in [0.25, 0.3) is 10.6 Å². The molecule has 0 bridgehead atoms. The lowest BCUT2D eigenvalue weighted by Crippen LogP contribution is -2.49. The zero-order valence-electron chi connectivity index (χ0n) is 14.2. The van der Waals surface area contributed by atoms with Gasteiger partial charge >= 0.3 is 0 Å². The Hall–Kier alpha value is -2.58. The fourth-order valence-corrected chi connectivity index (χ4v) is 3.92. The summed E-state index contributed by atoms with van der Waals surface area (Å²) in [5.41, 5.74) is 1.21. The molecular weight excluding hydrogens is 353 g/mol. The number of nitrogens with one attached hydrogen (secondary N) is 1. The molecule has 1 N–H and O–H groups in total. The topological polar surface area (TPSA) is 63.1 Å². The number of rotatable bonds is 3. The monoisotopic (exact) mass is 371 g/mol. The molecule has 4 rings (SSSR count). The van der Waals surface area contributed by atoms with Crippen LogP contribution in [0.15, 0.2) is 42.0 Å². The highest BCUT2D eigenvalue weighted by molar-refractivity contribution is 7.13. The van der Waals surface area contributed by atoms with Crippen molar-refractivity contribution in [2.45, 2.75) is 6.04 Å². The van der Waals surface area contributed by atoms with Gasteiger partial charge in [-0.3, -0.25) is 4.79 Å². The number of carbonyl (C=O) groups is 1. The molecular formula is C18H18FN5OS. The first-order valence-corrected chi connectivity index (χ1v) is 9.22. The van der Waals surface area contributed by atoms with Gasteiger partial charge < -0.3 is 14.8 Å². The van der Waals surface area contributed by atoms with Gasteiger partial charge in [-0.2, -0.15) is 0 Å². The zero-order valence-corrected chi connectivity index (χ0v) is 15.0. The number of nitrogens with zero attached hydrogens (tertiary/aromatic N) is 4. The molecule has 0 aliphatic carbocycles. The average Bonchev–Trinajstić information content (AvgIpc) is 3.31. The fraction of sp³-hybridized carbons (Fsp3) is 0.278. The van der Waals surface area contributed by atoms with E-state index in [0.29, 0.717) is 23.8 Å². The number of hydrogen-bond donors (Lipinski definition) is 1. The Balaban J connectivity index is 1.60. The van der Waals surface area contributed by atoms with E-state index >= 15 is 0 Å². The van der Waals surface area contributed by atoms with Crippen molar-refractivity contribution in [1.82, 2.24) is 24.8 Å². The molecule has 1 fully saturated rings. The third-order valence-corrected chi connectivity index (χ3v) is 5.37. The van der Waals surface area contributed by atoms with Crippen molar-refractivity contribution in [3.63, 3.8) is 0 Å². The third-order valence-electron chi connectivity index (χ3n) is 4.48. The normalized spacial score (nSPS) is 17.5. The maximum absolute atomic E-state index is 13.1. The Labute approximate surface area is 154 Å². The van der Waals surface area contributed by atoms with Crippen molar-refractivity contribution in [3.05, 3.63) is 59.4 Å². The minimum atomic E-state index is -0.291. The van der Waals surface area contributed by atoms with Crippen LogP contribution in [0, 0.1) is 5.82 Å². The van der Waals surface area contributed by atoms with Crippen LogP contribution in [0.1, 0.15) is 22.4 Å². The summed E-state index contributed by atoms with van der Waals surface area (Å²) in [6, 6.07) is 6.00. The summed E-state index contributed by atoms with van der Waals surface area (Å²) in [6.07, 6.45) is 3.62. The summed E-state index contributed by atoms with van der Waals surface area (Å²) in [7, 11) is 1.93. The Morgan fingerprint density at radius 3 is 2.88 bits per heavy atom. The second-order valence-electron chi connectivity index (χ2n) is 6.16. The Bertz CT molecular complexity index is 920. The van der Waals surface area contributed by atoms with Gasteiger partial charge in [0.1, 0.15) is 28.4 Å². The second-order valence-corrected chi connectivity index (χ2v) is 7.02. The van der Waals surface area contributed by atoms with Gasteiger partial charge in [0, 0.05) is 50.0 Å². The molecule has 1 unspecified atom stereocenters.